The average molecular weight is 368 g/mol. The fourth-order valence-electron chi connectivity index (χ4n) is 3.25. The van der Waals surface area contributed by atoms with E-state index in [0.29, 0.717) is 17.1 Å². The SMILES string of the molecule is NN(Cc1ccccc1OC(F)F)C1CCNC1c1cccc(Cl)c1. The summed E-state index contributed by atoms with van der Waals surface area (Å²) in [6.07, 6.45) is 0.853. The number of hydrogen-bond donors (Lipinski definition) is 2. The Hall–Kier alpha value is -1.73. The van der Waals surface area contributed by atoms with Gasteiger partial charge >= 0.3 is 6.61 Å². The zero-order valence-corrected chi connectivity index (χ0v) is 14.3. The van der Waals surface area contributed by atoms with Crippen molar-refractivity contribution in [1.82, 2.24) is 10.3 Å². The summed E-state index contributed by atoms with van der Waals surface area (Å²) in [5, 5.41) is 5.78. The first-order valence-corrected chi connectivity index (χ1v) is 8.45. The standard InChI is InChI=1S/C18H20ClF2N3O/c19-14-6-3-5-12(10-14)17-15(8-9-23-17)24(22)11-13-4-1-2-7-16(13)25-18(20)21/h1-7,10,15,17-18,23H,8-9,11,22H2. The number of para-hydroxylation sites is 1. The van der Waals surface area contributed by atoms with Gasteiger partial charge in [0.1, 0.15) is 5.75 Å². The summed E-state index contributed by atoms with van der Waals surface area (Å²) in [5.41, 5.74) is 1.68. The van der Waals surface area contributed by atoms with E-state index in [1.54, 1.807) is 23.2 Å². The lowest BCUT2D eigenvalue weighted by molar-refractivity contribution is -0.0509. The van der Waals surface area contributed by atoms with E-state index in [-0.39, 0.29) is 17.8 Å². The Morgan fingerprint density at radius 1 is 1.24 bits per heavy atom. The number of rotatable bonds is 6. The van der Waals surface area contributed by atoms with E-state index < -0.39 is 6.61 Å². The largest absolute Gasteiger partial charge is 0.434 e. The highest BCUT2D eigenvalue weighted by atomic mass is 35.5. The van der Waals surface area contributed by atoms with Crippen molar-refractivity contribution in [1.29, 1.82) is 0 Å². The predicted molar refractivity (Wildman–Crippen MR) is 93.4 cm³/mol. The second kappa shape index (κ2) is 8.10. The number of ether oxygens (including phenoxy) is 1. The van der Waals surface area contributed by atoms with Crippen LogP contribution < -0.4 is 15.9 Å². The van der Waals surface area contributed by atoms with Gasteiger partial charge in [-0.2, -0.15) is 8.78 Å². The van der Waals surface area contributed by atoms with Crippen molar-refractivity contribution < 1.29 is 13.5 Å². The molecular formula is C18H20ClF2N3O. The molecule has 0 amide bonds. The molecule has 2 atom stereocenters. The van der Waals surface area contributed by atoms with Crippen LogP contribution in [0, 0.1) is 0 Å². The summed E-state index contributed by atoms with van der Waals surface area (Å²) < 4.78 is 29.7. The number of nitrogens with zero attached hydrogens (tertiary/aromatic N) is 1. The minimum absolute atomic E-state index is 0.0260. The van der Waals surface area contributed by atoms with Crippen molar-refractivity contribution in [2.75, 3.05) is 6.54 Å². The van der Waals surface area contributed by atoms with E-state index in [4.69, 9.17) is 17.4 Å². The highest BCUT2D eigenvalue weighted by Crippen LogP contribution is 2.30. The minimum Gasteiger partial charge on any atom is -0.434 e. The molecule has 4 nitrogen and oxygen atoms in total. The van der Waals surface area contributed by atoms with Crippen molar-refractivity contribution >= 4 is 11.6 Å². The summed E-state index contributed by atoms with van der Waals surface area (Å²) in [4.78, 5) is 0. The van der Waals surface area contributed by atoms with E-state index in [9.17, 15) is 8.78 Å². The third kappa shape index (κ3) is 4.46. The van der Waals surface area contributed by atoms with Crippen LogP contribution in [0.15, 0.2) is 48.5 Å². The van der Waals surface area contributed by atoms with Gasteiger partial charge in [0.25, 0.3) is 0 Å². The quantitative estimate of drug-likeness (QED) is 0.603. The van der Waals surface area contributed by atoms with Gasteiger partial charge in [0.15, 0.2) is 0 Å². The van der Waals surface area contributed by atoms with Gasteiger partial charge < -0.3 is 10.1 Å². The maximum Gasteiger partial charge on any atom is 0.387 e. The molecule has 1 aliphatic rings. The highest BCUT2D eigenvalue weighted by Gasteiger charge is 2.32. The molecule has 0 bridgehead atoms. The van der Waals surface area contributed by atoms with Gasteiger partial charge in [0.05, 0.1) is 0 Å². The van der Waals surface area contributed by atoms with Crippen LogP contribution in [0.3, 0.4) is 0 Å². The van der Waals surface area contributed by atoms with Crippen LogP contribution in [-0.2, 0) is 6.54 Å². The molecule has 1 aliphatic heterocycles. The Morgan fingerprint density at radius 3 is 2.80 bits per heavy atom. The number of nitrogens with one attached hydrogen (secondary N) is 1. The van der Waals surface area contributed by atoms with E-state index in [2.05, 4.69) is 10.1 Å². The molecule has 1 fully saturated rings. The Balaban J connectivity index is 1.75. The van der Waals surface area contributed by atoms with Crippen LogP contribution in [-0.4, -0.2) is 24.2 Å². The second-order valence-corrected chi connectivity index (χ2v) is 6.44. The minimum atomic E-state index is -2.86. The number of alkyl halides is 2. The van der Waals surface area contributed by atoms with Crippen LogP contribution in [0.5, 0.6) is 5.75 Å². The molecule has 0 saturated carbocycles. The van der Waals surface area contributed by atoms with E-state index >= 15 is 0 Å². The highest BCUT2D eigenvalue weighted by molar-refractivity contribution is 6.30. The average Bonchev–Trinajstić information content (AvgIpc) is 3.06. The second-order valence-electron chi connectivity index (χ2n) is 6.00. The first-order valence-electron chi connectivity index (χ1n) is 8.07. The fourth-order valence-corrected chi connectivity index (χ4v) is 3.44. The number of benzene rings is 2. The zero-order valence-electron chi connectivity index (χ0n) is 13.5. The molecule has 1 heterocycles. The summed E-state index contributed by atoms with van der Waals surface area (Å²) >= 11 is 6.09. The molecule has 1 saturated heterocycles. The normalized spacial score (nSPS) is 20.4. The molecule has 0 radical (unpaired) electrons. The Bertz CT molecular complexity index is 716. The van der Waals surface area contributed by atoms with Gasteiger partial charge in [0.2, 0.25) is 0 Å². The number of hydrazine groups is 1. The monoisotopic (exact) mass is 367 g/mol. The van der Waals surface area contributed by atoms with Crippen molar-refractivity contribution in [2.45, 2.75) is 31.7 Å². The van der Waals surface area contributed by atoms with Gasteiger partial charge in [-0.05, 0) is 36.7 Å². The lowest BCUT2D eigenvalue weighted by atomic mass is 10.00. The molecule has 3 N–H and O–H groups in total. The van der Waals surface area contributed by atoms with Crippen molar-refractivity contribution in [3.63, 3.8) is 0 Å². The van der Waals surface area contributed by atoms with Gasteiger partial charge in [-0.25, -0.2) is 5.01 Å². The van der Waals surface area contributed by atoms with Crippen molar-refractivity contribution in [2.24, 2.45) is 5.84 Å². The van der Waals surface area contributed by atoms with Gasteiger partial charge in [0, 0.05) is 29.2 Å². The number of nitrogens with two attached hydrogens (primary N) is 1. The van der Waals surface area contributed by atoms with E-state index in [0.717, 1.165) is 18.5 Å². The summed E-state index contributed by atoms with van der Waals surface area (Å²) in [6, 6.07) is 14.4. The summed E-state index contributed by atoms with van der Waals surface area (Å²) in [5.74, 6) is 6.44. The van der Waals surface area contributed by atoms with Gasteiger partial charge in [-0.15, -0.1) is 0 Å². The topological polar surface area (TPSA) is 50.5 Å². The Morgan fingerprint density at radius 2 is 2.04 bits per heavy atom. The molecule has 7 heteroatoms. The maximum absolute atomic E-state index is 12.6. The zero-order chi connectivity index (χ0) is 17.8. The Kier molecular flexibility index (Phi) is 5.86. The molecule has 25 heavy (non-hydrogen) atoms. The molecule has 0 aliphatic carbocycles. The summed E-state index contributed by atoms with van der Waals surface area (Å²) in [7, 11) is 0. The fraction of sp³-hybridized carbons (Fsp3) is 0.333. The first kappa shape index (κ1) is 18.1. The van der Waals surface area contributed by atoms with E-state index in [1.807, 2.05) is 24.3 Å². The lowest BCUT2D eigenvalue weighted by Crippen LogP contribution is -2.43. The molecule has 0 aromatic heterocycles. The number of halogens is 3. The number of hydrogen-bond acceptors (Lipinski definition) is 4. The van der Waals surface area contributed by atoms with Crippen LogP contribution in [0.1, 0.15) is 23.6 Å². The molecule has 134 valence electrons. The molecule has 3 rings (SSSR count). The molecular weight excluding hydrogens is 348 g/mol. The maximum atomic E-state index is 12.6. The predicted octanol–water partition coefficient (Wildman–Crippen LogP) is 3.72. The van der Waals surface area contributed by atoms with Crippen molar-refractivity contribution in [3.8, 4) is 5.75 Å². The summed E-state index contributed by atoms with van der Waals surface area (Å²) in [6.45, 7) is -1.73. The lowest BCUT2D eigenvalue weighted by Gasteiger charge is -2.29. The van der Waals surface area contributed by atoms with Crippen LogP contribution in [0.2, 0.25) is 5.02 Å². The van der Waals surface area contributed by atoms with Gasteiger partial charge in [-0.3, -0.25) is 5.84 Å². The van der Waals surface area contributed by atoms with Crippen LogP contribution in [0.4, 0.5) is 8.78 Å². The third-order valence-electron chi connectivity index (χ3n) is 4.36. The first-order chi connectivity index (χ1) is 12.0. The van der Waals surface area contributed by atoms with Crippen LogP contribution in [0.25, 0.3) is 0 Å². The molecule has 2 aromatic rings. The molecule has 2 aromatic carbocycles. The molecule has 2 unspecified atom stereocenters. The van der Waals surface area contributed by atoms with Crippen molar-refractivity contribution in [3.05, 3.63) is 64.7 Å². The van der Waals surface area contributed by atoms with Crippen LogP contribution >= 0.6 is 11.6 Å². The Labute approximate surface area is 150 Å². The smallest absolute Gasteiger partial charge is 0.387 e. The van der Waals surface area contributed by atoms with Gasteiger partial charge in [-0.1, -0.05) is 41.9 Å². The molecule has 0 spiro atoms. The third-order valence-corrected chi connectivity index (χ3v) is 4.60. The van der Waals surface area contributed by atoms with E-state index in [1.165, 1.54) is 6.07 Å².